The molecule has 0 N–H and O–H groups in total. The summed E-state index contributed by atoms with van der Waals surface area (Å²) in [6.07, 6.45) is 0.580. The number of ketones is 1. The van der Waals surface area contributed by atoms with Crippen molar-refractivity contribution in [3.05, 3.63) is 77.6 Å². The lowest BCUT2D eigenvalue weighted by molar-refractivity contribution is 0.0920. The Morgan fingerprint density at radius 2 is 1.71 bits per heavy atom. The Hall–Kier alpha value is -3.06. The number of ether oxygens (including phenoxy) is 2. The summed E-state index contributed by atoms with van der Waals surface area (Å²) < 4.78 is 37.3. The van der Waals surface area contributed by atoms with Crippen molar-refractivity contribution in [3.63, 3.8) is 0 Å². The Labute approximate surface area is 182 Å². The number of hydrogen-bond donors (Lipinski definition) is 0. The number of Topliss-reactive ketones (excluding diaryl/α,β-unsaturated/α-hetero) is 1. The van der Waals surface area contributed by atoms with Gasteiger partial charge in [0.25, 0.3) is 0 Å². The molecule has 1 aliphatic heterocycles. The van der Waals surface area contributed by atoms with Crippen LogP contribution >= 0.6 is 0 Å². The molecule has 1 aromatic heterocycles. The largest absolute Gasteiger partial charge is 0.485 e. The van der Waals surface area contributed by atoms with Crippen LogP contribution in [0.25, 0.3) is 0 Å². The smallest absolute Gasteiger partial charge is 0.202 e. The topological polar surface area (TPSA) is 74.6 Å². The normalized spacial score (nSPS) is 17.4. The van der Waals surface area contributed by atoms with Crippen molar-refractivity contribution in [3.8, 4) is 17.2 Å². The molecular weight excluding hydrogens is 414 g/mol. The van der Waals surface area contributed by atoms with E-state index in [1.165, 1.54) is 0 Å². The van der Waals surface area contributed by atoms with Gasteiger partial charge in [-0.15, -0.1) is 0 Å². The maximum Gasteiger partial charge on any atom is 0.202 e. The number of aromatic nitrogens is 1. The fourth-order valence-electron chi connectivity index (χ4n) is 4.08. The van der Waals surface area contributed by atoms with E-state index < -0.39 is 9.84 Å². The first-order valence-corrected chi connectivity index (χ1v) is 12.0. The predicted molar refractivity (Wildman–Crippen MR) is 119 cm³/mol. The summed E-state index contributed by atoms with van der Waals surface area (Å²) in [5.74, 6) is 2.06. The van der Waals surface area contributed by atoms with Crippen molar-refractivity contribution >= 4 is 15.6 Å². The van der Waals surface area contributed by atoms with Crippen LogP contribution in [0, 0.1) is 13.8 Å². The molecule has 6 nitrogen and oxygen atoms in total. The van der Waals surface area contributed by atoms with Crippen LogP contribution in [0.2, 0.25) is 0 Å². The molecule has 1 atom stereocenters. The number of hydrogen-bond acceptors (Lipinski definition) is 5. The molecule has 7 heteroatoms. The molecule has 1 fully saturated rings. The van der Waals surface area contributed by atoms with Crippen molar-refractivity contribution in [1.29, 1.82) is 0 Å². The van der Waals surface area contributed by atoms with Crippen LogP contribution in [0.15, 0.2) is 60.7 Å². The lowest BCUT2D eigenvalue weighted by Crippen LogP contribution is -2.16. The summed E-state index contributed by atoms with van der Waals surface area (Å²) in [4.78, 5) is 12.8. The van der Waals surface area contributed by atoms with E-state index in [-0.39, 0.29) is 29.9 Å². The molecule has 4 rings (SSSR count). The third-order valence-electron chi connectivity index (χ3n) is 5.51. The molecule has 2 aromatic carbocycles. The van der Waals surface area contributed by atoms with Gasteiger partial charge in [-0.1, -0.05) is 24.3 Å². The Morgan fingerprint density at radius 1 is 1.00 bits per heavy atom. The number of rotatable bonds is 7. The Bertz CT molecular complexity index is 1200. The number of aryl methyl sites for hydroxylation is 1. The summed E-state index contributed by atoms with van der Waals surface area (Å²) in [7, 11) is -3.00. The zero-order valence-corrected chi connectivity index (χ0v) is 18.4. The zero-order chi connectivity index (χ0) is 22.0. The van der Waals surface area contributed by atoms with E-state index in [0.29, 0.717) is 23.5 Å². The average molecular weight is 440 g/mol. The van der Waals surface area contributed by atoms with E-state index in [9.17, 15) is 13.2 Å². The second kappa shape index (κ2) is 8.59. The second-order valence-corrected chi connectivity index (χ2v) is 10.0. The fraction of sp³-hybridized carbons (Fsp3) is 0.292. The van der Waals surface area contributed by atoms with Gasteiger partial charge in [0.2, 0.25) is 5.78 Å². The summed E-state index contributed by atoms with van der Waals surface area (Å²) in [5, 5.41) is 0. The molecular formula is C24H25NO5S. The molecule has 1 aliphatic rings. The standard InChI is InChI=1S/C24H25NO5S/c1-17-13-23(18(2)25(17)19-11-12-31(27,28)16-19)24(26)15-29-21-9-6-10-22(14-21)30-20-7-4-3-5-8-20/h3-10,13-14,19H,11-12,15-16H2,1-2H3. The van der Waals surface area contributed by atoms with Crippen LogP contribution in [0.5, 0.6) is 17.2 Å². The summed E-state index contributed by atoms with van der Waals surface area (Å²) in [6, 6.07) is 18.3. The van der Waals surface area contributed by atoms with Gasteiger partial charge in [0.05, 0.1) is 11.5 Å². The monoisotopic (exact) mass is 439 g/mol. The molecule has 0 bridgehead atoms. The van der Waals surface area contributed by atoms with Crippen LogP contribution in [-0.4, -0.2) is 36.9 Å². The second-order valence-electron chi connectivity index (χ2n) is 7.81. The lowest BCUT2D eigenvalue weighted by atomic mass is 10.1. The Morgan fingerprint density at radius 3 is 2.42 bits per heavy atom. The number of nitrogens with zero attached hydrogens (tertiary/aromatic N) is 1. The highest BCUT2D eigenvalue weighted by atomic mass is 32.2. The number of benzene rings is 2. The molecule has 3 aromatic rings. The fourth-order valence-corrected chi connectivity index (χ4v) is 5.78. The SMILES string of the molecule is Cc1cc(C(=O)COc2cccc(Oc3ccccc3)c2)c(C)n1C1CCS(=O)(=O)C1. The Balaban J connectivity index is 1.44. The van der Waals surface area contributed by atoms with Crippen LogP contribution in [0.1, 0.15) is 34.2 Å². The quantitative estimate of drug-likeness (QED) is 0.506. The van der Waals surface area contributed by atoms with Gasteiger partial charge in [0.1, 0.15) is 17.2 Å². The van der Waals surface area contributed by atoms with E-state index in [2.05, 4.69) is 0 Å². The summed E-state index contributed by atoms with van der Waals surface area (Å²) in [5.41, 5.74) is 2.24. The molecule has 0 radical (unpaired) electrons. The van der Waals surface area contributed by atoms with Crippen LogP contribution in [-0.2, 0) is 9.84 Å². The minimum Gasteiger partial charge on any atom is -0.485 e. The van der Waals surface area contributed by atoms with Crippen LogP contribution < -0.4 is 9.47 Å². The maximum atomic E-state index is 12.8. The van der Waals surface area contributed by atoms with E-state index in [1.807, 2.05) is 66.9 Å². The van der Waals surface area contributed by atoms with Gasteiger partial charge in [0, 0.05) is 29.1 Å². The third-order valence-corrected chi connectivity index (χ3v) is 7.26. The van der Waals surface area contributed by atoms with E-state index in [4.69, 9.17) is 9.47 Å². The zero-order valence-electron chi connectivity index (χ0n) is 17.6. The molecule has 0 saturated carbocycles. The number of sulfone groups is 1. The molecule has 2 heterocycles. The lowest BCUT2D eigenvalue weighted by Gasteiger charge is -2.16. The van der Waals surface area contributed by atoms with Crippen molar-refractivity contribution in [1.82, 2.24) is 4.57 Å². The molecule has 1 saturated heterocycles. The van der Waals surface area contributed by atoms with E-state index in [1.54, 1.807) is 12.1 Å². The third kappa shape index (κ3) is 4.82. The molecule has 162 valence electrons. The average Bonchev–Trinajstić information content (AvgIpc) is 3.25. The number of carbonyl (C=O) groups excluding carboxylic acids is 1. The van der Waals surface area contributed by atoms with Gasteiger partial charge in [-0.25, -0.2) is 8.42 Å². The minimum atomic E-state index is -3.00. The van der Waals surface area contributed by atoms with Gasteiger partial charge in [0.15, 0.2) is 16.4 Å². The highest BCUT2D eigenvalue weighted by molar-refractivity contribution is 7.91. The van der Waals surface area contributed by atoms with E-state index >= 15 is 0 Å². The predicted octanol–water partition coefficient (Wildman–Crippen LogP) is 4.52. The first-order chi connectivity index (χ1) is 14.8. The number of para-hydroxylation sites is 1. The number of carbonyl (C=O) groups is 1. The van der Waals surface area contributed by atoms with Gasteiger partial charge in [-0.05, 0) is 50.6 Å². The van der Waals surface area contributed by atoms with Crippen LogP contribution in [0.3, 0.4) is 0 Å². The van der Waals surface area contributed by atoms with Crippen molar-refractivity contribution in [2.75, 3.05) is 18.1 Å². The van der Waals surface area contributed by atoms with Crippen LogP contribution in [0.4, 0.5) is 0 Å². The van der Waals surface area contributed by atoms with Crippen molar-refractivity contribution < 1.29 is 22.7 Å². The Kier molecular flexibility index (Phi) is 5.87. The van der Waals surface area contributed by atoms with Crippen molar-refractivity contribution in [2.24, 2.45) is 0 Å². The molecule has 31 heavy (non-hydrogen) atoms. The molecule has 0 spiro atoms. The van der Waals surface area contributed by atoms with Crippen molar-refractivity contribution in [2.45, 2.75) is 26.3 Å². The highest BCUT2D eigenvalue weighted by Crippen LogP contribution is 2.30. The minimum absolute atomic E-state index is 0.109. The first kappa shape index (κ1) is 21.2. The summed E-state index contributed by atoms with van der Waals surface area (Å²) in [6.45, 7) is 3.65. The van der Waals surface area contributed by atoms with Gasteiger partial charge < -0.3 is 14.0 Å². The molecule has 1 unspecified atom stereocenters. The highest BCUT2D eigenvalue weighted by Gasteiger charge is 2.31. The first-order valence-electron chi connectivity index (χ1n) is 10.2. The molecule has 0 aliphatic carbocycles. The van der Waals surface area contributed by atoms with E-state index in [0.717, 1.165) is 17.1 Å². The van der Waals surface area contributed by atoms with Gasteiger partial charge in [-0.2, -0.15) is 0 Å². The molecule has 0 amide bonds. The van der Waals surface area contributed by atoms with Gasteiger partial charge >= 0.3 is 0 Å². The van der Waals surface area contributed by atoms with Gasteiger partial charge in [-0.3, -0.25) is 4.79 Å². The summed E-state index contributed by atoms with van der Waals surface area (Å²) >= 11 is 0. The maximum absolute atomic E-state index is 12.8.